The second-order valence-electron chi connectivity index (χ2n) is 10.2. The third-order valence-electron chi connectivity index (χ3n) is 6.74. The van der Waals surface area contributed by atoms with Gasteiger partial charge in [0.25, 0.3) is 21.8 Å². The van der Waals surface area contributed by atoms with Crippen molar-refractivity contribution in [2.24, 2.45) is 0 Å². The van der Waals surface area contributed by atoms with Gasteiger partial charge in [-0.3, -0.25) is 14.4 Å². The highest BCUT2D eigenvalue weighted by molar-refractivity contribution is 7.90. The molecule has 4 N–H and O–H groups in total. The SMILES string of the molecule is CCCCCC(=O)NS(=O)(=O)c1ccccc1NC(=O)c1ccc(Nc2ccc(C(F)(F)F)cc2)c(NC(=O)c2ccccc2)c1. The van der Waals surface area contributed by atoms with Crippen molar-refractivity contribution in [3.8, 4) is 0 Å². The highest BCUT2D eigenvalue weighted by atomic mass is 32.2. The van der Waals surface area contributed by atoms with E-state index in [1.165, 1.54) is 54.6 Å². The number of carbonyl (C=O) groups is 3. The Morgan fingerprint density at radius 3 is 2.00 bits per heavy atom. The molecule has 0 aliphatic heterocycles. The fourth-order valence-corrected chi connectivity index (χ4v) is 5.55. The Balaban J connectivity index is 1.61. The van der Waals surface area contributed by atoms with E-state index in [0.717, 1.165) is 25.0 Å². The molecule has 0 fully saturated rings. The third kappa shape index (κ3) is 8.94. The van der Waals surface area contributed by atoms with Crippen LogP contribution in [0.3, 0.4) is 0 Å². The van der Waals surface area contributed by atoms with E-state index >= 15 is 0 Å². The Hall–Kier alpha value is -5.17. The first-order valence-electron chi connectivity index (χ1n) is 14.3. The van der Waals surface area contributed by atoms with Crippen molar-refractivity contribution in [1.29, 1.82) is 0 Å². The Kier molecular flexibility index (Phi) is 10.8. The van der Waals surface area contributed by atoms with Crippen molar-refractivity contribution in [3.05, 3.63) is 114 Å². The molecule has 0 bridgehead atoms. The zero-order valence-corrected chi connectivity index (χ0v) is 25.5. The molecule has 0 heterocycles. The summed E-state index contributed by atoms with van der Waals surface area (Å²) in [5.41, 5.74) is 0.113. The summed E-state index contributed by atoms with van der Waals surface area (Å²) < 4.78 is 67.2. The molecule has 4 aromatic rings. The average Bonchev–Trinajstić information content (AvgIpc) is 3.02. The summed E-state index contributed by atoms with van der Waals surface area (Å²) in [6.07, 6.45) is -2.32. The number of para-hydroxylation sites is 1. The van der Waals surface area contributed by atoms with Crippen LogP contribution in [0.5, 0.6) is 0 Å². The lowest BCUT2D eigenvalue weighted by Gasteiger charge is -2.16. The quantitative estimate of drug-likeness (QED) is 0.118. The first-order chi connectivity index (χ1) is 21.9. The smallest absolute Gasteiger partial charge is 0.354 e. The summed E-state index contributed by atoms with van der Waals surface area (Å²) in [7, 11) is -4.32. The van der Waals surface area contributed by atoms with E-state index in [2.05, 4.69) is 16.0 Å². The fourth-order valence-electron chi connectivity index (χ4n) is 4.37. The molecule has 0 spiro atoms. The summed E-state index contributed by atoms with van der Waals surface area (Å²) in [6.45, 7) is 1.96. The first kappa shape index (κ1) is 33.7. The monoisotopic (exact) mass is 652 g/mol. The molecule has 0 saturated carbocycles. The lowest BCUT2D eigenvalue weighted by molar-refractivity contribution is -0.137. The molecule has 0 radical (unpaired) electrons. The number of nitrogens with one attached hydrogen (secondary N) is 4. The van der Waals surface area contributed by atoms with Gasteiger partial charge < -0.3 is 16.0 Å². The van der Waals surface area contributed by atoms with Crippen LogP contribution in [0.4, 0.5) is 35.9 Å². The number of benzene rings is 4. The number of hydrogen-bond donors (Lipinski definition) is 4. The molecular formula is C33H31F3N4O5S. The van der Waals surface area contributed by atoms with Gasteiger partial charge >= 0.3 is 6.18 Å². The summed E-state index contributed by atoms with van der Waals surface area (Å²) >= 11 is 0. The number of rotatable bonds is 12. The molecule has 0 atom stereocenters. The third-order valence-corrected chi connectivity index (χ3v) is 8.17. The number of unbranched alkanes of at least 4 members (excludes halogenated alkanes) is 2. The highest BCUT2D eigenvalue weighted by Gasteiger charge is 2.30. The molecule has 3 amide bonds. The number of carbonyl (C=O) groups excluding carboxylic acids is 3. The second kappa shape index (κ2) is 14.7. The van der Waals surface area contributed by atoms with Gasteiger partial charge in [0.1, 0.15) is 4.90 Å². The van der Waals surface area contributed by atoms with Crippen molar-refractivity contribution < 1.29 is 36.0 Å². The molecule has 240 valence electrons. The van der Waals surface area contributed by atoms with Gasteiger partial charge in [-0.05, 0) is 73.2 Å². The Morgan fingerprint density at radius 2 is 1.33 bits per heavy atom. The van der Waals surface area contributed by atoms with Gasteiger partial charge in [0.15, 0.2) is 0 Å². The van der Waals surface area contributed by atoms with E-state index in [1.807, 2.05) is 11.6 Å². The zero-order valence-electron chi connectivity index (χ0n) is 24.6. The fraction of sp³-hybridized carbons (Fsp3) is 0.182. The highest BCUT2D eigenvalue weighted by Crippen LogP contribution is 2.32. The molecule has 4 rings (SSSR count). The number of amides is 3. The van der Waals surface area contributed by atoms with Crippen LogP contribution in [-0.4, -0.2) is 26.1 Å². The Morgan fingerprint density at radius 1 is 0.696 bits per heavy atom. The van der Waals surface area contributed by atoms with E-state index in [-0.39, 0.29) is 39.6 Å². The van der Waals surface area contributed by atoms with E-state index < -0.39 is 39.5 Å². The summed E-state index contributed by atoms with van der Waals surface area (Å²) in [5, 5.41) is 8.22. The summed E-state index contributed by atoms with van der Waals surface area (Å²) in [4.78, 5) is 38.3. The number of alkyl halides is 3. The molecule has 46 heavy (non-hydrogen) atoms. The number of halogens is 3. The van der Waals surface area contributed by atoms with Crippen molar-refractivity contribution in [2.75, 3.05) is 16.0 Å². The molecule has 9 nitrogen and oxygen atoms in total. The molecule has 4 aromatic carbocycles. The van der Waals surface area contributed by atoms with Gasteiger partial charge in [0, 0.05) is 23.2 Å². The topological polar surface area (TPSA) is 133 Å². The van der Waals surface area contributed by atoms with Gasteiger partial charge in [0.05, 0.1) is 22.6 Å². The largest absolute Gasteiger partial charge is 0.416 e. The normalized spacial score (nSPS) is 11.4. The van der Waals surface area contributed by atoms with Crippen molar-refractivity contribution in [1.82, 2.24) is 4.72 Å². The van der Waals surface area contributed by atoms with Crippen LogP contribution < -0.4 is 20.7 Å². The zero-order chi connectivity index (χ0) is 33.3. The average molecular weight is 653 g/mol. The summed E-state index contributed by atoms with van der Waals surface area (Å²) in [6, 6.07) is 22.3. The van der Waals surface area contributed by atoms with Crippen LogP contribution in [0.15, 0.2) is 102 Å². The maximum Gasteiger partial charge on any atom is 0.416 e. The minimum Gasteiger partial charge on any atom is -0.354 e. The molecule has 0 saturated heterocycles. The van der Waals surface area contributed by atoms with Crippen LogP contribution >= 0.6 is 0 Å². The van der Waals surface area contributed by atoms with E-state index in [4.69, 9.17) is 0 Å². The maximum atomic E-state index is 13.4. The molecular weight excluding hydrogens is 621 g/mol. The molecule has 0 aliphatic rings. The Bertz CT molecular complexity index is 1810. The van der Waals surface area contributed by atoms with Crippen molar-refractivity contribution >= 4 is 50.5 Å². The van der Waals surface area contributed by atoms with Crippen LogP contribution in [0, 0.1) is 0 Å². The number of hydrogen-bond acceptors (Lipinski definition) is 6. The molecule has 0 unspecified atom stereocenters. The van der Waals surface area contributed by atoms with Crippen molar-refractivity contribution in [3.63, 3.8) is 0 Å². The predicted octanol–water partition coefficient (Wildman–Crippen LogP) is 7.34. The molecule has 0 aliphatic carbocycles. The lowest BCUT2D eigenvalue weighted by atomic mass is 10.1. The lowest BCUT2D eigenvalue weighted by Crippen LogP contribution is -2.31. The van der Waals surface area contributed by atoms with Crippen LogP contribution in [0.2, 0.25) is 0 Å². The van der Waals surface area contributed by atoms with Gasteiger partial charge in [-0.2, -0.15) is 13.2 Å². The van der Waals surface area contributed by atoms with Gasteiger partial charge in [0.2, 0.25) is 5.91 Å². The number of anilines is 4. The minimum absolute atomic E-state index is 0.0251. The molecule has 13 heteroatoms. The van der Waals surface area contributed by atoms with E-state index in [1.54, 1.807) is 30.3 Å². The van der Waals surface area contributed by atoms with Crippen LogP contribution in [0.1, 0.15) is 58.9 Å². The van der Waals surface area contributed by atoms with E-state index in [9.17, 15) is 36.0 Å². The summed E-state index contributed by atoms with van der Waals surface area (Å²) in [5.74, 6) is -1.91. The molecule has 0 aromatic heterocycles. The van der Waals surface area contributed by atoms with Crippen molar-refractivity contribution in [2.45, 2.75) is 43.7 Å². The maximum absolute atomic E-state index is 13.4. The minimum atomic E-state index is -4.51. The second-order valence-corrected chi connectivity index (χ2v) is 11.9. The Labute approximate surface area is 264 Å². The predicted molar refractivity (Wildman–Crippen MR) is 169 cm³/mol. The standard InChI is InChI=1S/C33H31F3N4O5S/c1-2-3-5-14-30(41)40-46(44,45)29-13-9-8-12-27(29)38-32(43)23-15-20-26(37-25-18-16-24(17-19-25)33(34,35)36)28(21-23)39-31(42)22-10-6-4-7-11-22/h4,6-13,15-21,37H,2-3,5,14H2,1H3,(H,38,43)(H,39,42)(H,40,41). The van der Waals surface area contributed by atoms with Gasteiger partial charge in [-0.25, -0.2) is 13.1 Å². The van der Waals surface area contributed by atoms with Crippen LogP contribution in [-0.2, 0) is 21.0 Å². The van der Waals surface area contributed by atoms with Crippen LogP contribution in [0.25, 0.3) is 0 Å². The number of sulfonamides is 1. The van der Waals surface area contributed by atoms with E-state index in [0.29, 0.717) is 12.0 Å². The first-order valence-corrected chi connectivity index (χ1v) is 15.8. The van der Waals surface area contributed by atoms with Gasteiger partial charge in [-0.1, -0.05) is 50.1 Å². The van der Waals surface area contributed by atoms with Gasteiger partial charge in [-0.15, -0.1) is 0 Å².